The van der Waals surface area contributed by atoms with Crippen LogP contribution in [0.25, 0.3) is 0 Å². The topological polar surface area (TPSA) is 92.6 Å². The van der Waals surface area contributed by atoms with Crippen molar-refractivity contribution in [2.75, 3.05) is 16.8 Å². The zero-order chi connectivity index (χ0) is 19.6. The number of anilines is 2. The third-order valence-corrected chi connectivity index (χ3v) is 4.40. The van der Waals surface area contributed by atoms with Crippen molar-refractivity contribution in [3.8, 4) is 0 Å². The van der Waals surface area contributed by atoms with Crippen LogP contribution in [0.2, 0.25) is 0 Å². The van der Waals surface area contributed by atoms with Crippen LogP contribution in [-0.4, -0.2) is 23.3 Å². The molecule has 0 aliphatic carbocycles. The van der Waals surface area contributed by atoms with Crippen LogP contribution in [0, 0.1) is 16.0 Å². The van der Waals surface area contributed by atoms with Gasteiger partial charge in [-0.3, -0.25) is 19.7 Å². The highest BCUT2D eigenvalue weighted by atomic mass is 16.6. The van der Waals surface area contributed by atoms with Crippen molar-refractivity contribution in [2.45, 2.75) is 26.7 Å². The summed E-state index contributed by atoms with van der Waals surface area (Å²) in [6.07, 6.45) is 1.07. The lowest BCUT2D eigenvalue weighted by atomic mass is 9.99. The van der Waals surface area contributed by atoms with E-state index in [0.717, 1.165) is 11.3 Å². The first-order valence-electron chi connectivity index (χ1n) is 8.84. The van der Waals surface area contributed by atoms with Crippen LogP contribution in [0.4, 0.5) is 17.1 Å². The van der Waals surface area contributed by atoms with Crippen LogP contribution in [0.1, 0.15) is 36.2 Å². The van der Waals surface area contributed by atoms with E-state index in [1.807, 2.05) is 12.1 Å². The van der Waals surface area contributed by atoms with Gasteiger partial charge in [0.05, 0.1) is 4.92 Å². The summed E-state index contributed by atoms with van der Waals surface area (Å²) in [5.74, 6) is 0.0577. The molecule has 0 fully saturated rings. The van der Waals surface area contributed by atoms with Crippen molar-refractivity contribution in [3.05, 3.63) is 63.7 Å². The molecule has 2 aromatic rings. The smallest absolute Gasteiger partial charge is 0.270 e. The van der Waals surface area contributed by atoms with Gasteiger partial charge in [0.15, 0.2) is 0 Å². The van der Waals surface area contributed by atoms with Crippen LogP contribution < -0.4 is 10.2 Å². The molecule has 0 radical (unpaired) electrons. The summed E-state index contributed by atoms with van der Waals surface area (Å²) >= 11 is 0. The molecule has 1 N–H and O–H groups in total. The fourth-order valence-electron chi connectivity index (χ4n) is 3.17. The first kappa shape index (κ1) is 18.6. The minimum absolute atomic E-state index is 0.115. The Labute approximate surface area is 157 Å². The van der Waals surface area contributed by atoms with E-state index in [1.54, 1.807) is 11.0 Å². The molecule has 0 spiro atoms. The molecule has 2 amide bonds. The van der Waals surface area contributed by atoms with E-state index in [2.05, 4.69) is 19.2 Å². The highest BCUT2D eigenvalue weighted by molar-refractivity contribution is 6.05. The van der Waals surface area contributed by atoms with Crippen LogP contribution in [0.15, 0.2) is 42.5 Å². The molecular formula is C20H21N3O4. The van der Waals surface area contributed by atoms with Gasteiger partial charge in [-0.1, -0.05) is 19.9 Å². The minimum atomic E-state index is -0.532. The second-order valence-corrected chi connectivity index (χ2v) is 7.00. The van der Waals surface area contributed by atoms with Gasteiger partial charge in [0.25, 0.3) is 11.6 Å². The maximum absolute atomic E-state index is 12.4. The van der Waals surface area contributed by atoms with Gasteiger partial charge in [0, 0.05) is 42.0 Å². The molecule has 0 saturated heterocycles. The third kappa shape index (κ3) is 4.13. The predicted octanol–water partition coefficient (Wildman–Crippen LogP) is 3.78. The Bertz CT molecular complexity index is 908. The number of nitrogens with zero attached hydrogens (tertiary/aromatic N) is 2. The number of nitro benzene ring substituents is 1. The number of hydrogen-bond acceptors (Lipinski definition) is 4. The fraction of sp³-hybridized carbons (Fsp3) is 0.300. The zero-order valence-corrected chi connectivity index (χ0v) is 15.3. The number of aryl methyl sites for hydroxylation is 1. The molecule has 1 aliphatic heterocycles. The molecule has 0 saturated carbocycles. The molecule has 27 heavy (non-hydrogen) atoms. The van der Waals surface area contributed by atoms with E-state index < -0.39 is 10.8 Å². The first-order valence-corrected chi connectivity index (χ1v) is 8.84. The monoisotopic (exact) mass is 367 g/mol. The largest absolute Gasteiger partial charge is 0.322 e. The number of non-ortho nitro benzene ring substituents is 1. The number of carbonyl (C=O) groups is 2. The minimum Gasteiger partial charge on any atom is -0.322 e. The summed E-state index contributed by atoms with van der Waals surface area (Å²) in [4.78, 5) is 36.8. The molecular weight excluding hydrogens is 346 g/mol. The van der Waals surface area contributed by atoms with Crippen molar-refractivity contribution < 1.29 is 14.5 Å². The standard InChI is InChI=1S/C20H21N3O4/c1-13(2)12-22-18-8-7-16(10-14(18)6-9-19(22)24)21-20(25)15-4-3-5-17(11-15)23(26)27/h3-5,7-8,10-11,13H,6,9,12H2,1-2H3,(H,21,25). The lowest BCUT2D eigenvalue weighted by molar-refractivity contribution is -0.384. The molecule has 1 heterocycles. The second-order valence-electron chi connectivity index (χ2n) is 7.00. The predicted molar refractivity (Wildman–Crippen MR) is 103 cm³/mol. The maximum Gasteiger partial charge on any atom is 0.270 e. The molecule has 0 bridgehead atoms. The number of nitro groups is 1. The van der Waals surface area contributed by atoms with Gasteiger partial charge in [-0.15, -0.1) is 0 Å². The average Bonchev–Trinajstić information content (AvgIpc) is 2.64. The van der Waals surface area contributed by atoms with Crippen LogP contribution in [0.3, 0.4) is 0 Å². The lowest BCUT2D eigenvalue weighted by Gasteiger charge is -2.31. The van der Waals surface area contributed by atoms with E-state index in [-0.39, 0.29) is 17.2 Å². The van der Waals surface area contributed by atoms with Crippen LogP contribution >= 0.6 is 0 Å². The molecule has 140 valence electrons. The lowest BCUT2D eigenvalue weighted by Crippen LogP contribution is -2.37. The molecule has 0 aromatic heterocycles. The summed E-state index contributed by atoms with van der Waals surface area (Å²) < 4.78 is 0. The molecule has 0 atom stereocenters. The summed E-state index contributed by atoms with van der Waals surface area (Å²) in [5.41, 5.74) is 2.58. The fourth-order valence-corrected chi connectivity index (χ4v) is 3.17. The van der Waals surface area contributed by atoms with Crippen molar-refractivity contribution in [1.82, 2.24) is 0 Å². The molecule has 3 rings (SSSR count). The number of nitrogens with one attached hydrogen (secondary N) is 1. The zero-order valence-electron chi connectivity index (χ0n) is 15.3. The SMILES string of the molecule is CC(C)CN1C(=O)CCc2cc(NC(=O)c3cccc([N+](=O)[O-])c3)ccc21. The molecule has 7 heteroatoms. The quantitative estimate of drug-likeness (QED) is 0.643. The summed E-state index contributed by atoms with van der Waals surface area (Å²) in [6, 6.07) is 11.1. The van der Waals surface area contributed by atoms with Crippen molar-refractivity contribution in [3.63, 3.8) is 0 Å². The van der Waals surface area contributed by atoms with Crippen LogP contribution in [-0.2, 0) is 11.2 Å². The number of benzene rings is 2. The number of hydrogen-bond donors (Lipinski definition) is 1. The summed E-state index contributed by atoms with van der Waals surface area (Å²) in [5, 5.41) is 13.6. The number of rotatable bonds is 5. The molecule has 1 aliphatic rings. The molecule has 2 aromatic carbocycles. The average molecular weight is 367 g/mol. The number of amides is 2. The van der Waals surface area contributed by atoms with Crippen molar-refractivity contribution in [1.29, 1.82) is 0 Å². The number of fused-ring (bicyclic) bond motifs is 1. The summed E-state index contributed by atoms with van der Waals surface area (Å²) in [7, 11) is 0. The van der Waals surface area contributed by atoms with Gasteiger partial charge < -0.3 is 10.2 Å². The van der Waals surface area contributed by atoms with E-state index in [9.17, 15) is 19.7 Å². The van der Waals surface area contributed by atoms with Crippen molar-refractivity contribution in [2.24, 2.45) is 5.92 Å². The second kappa shape index (κ2) is 7.57. The Balaban J connectivity index is 1.81. The van der Waals surface area contributed by atoms with Gasteiger partial charge >= 0.3 is 0 Å². The van der Waals surface area contributed by atoms with Gasteiger partial charge in [-0.05, 0) is 42.2 Å². The van der Waals surface area contributed by atoms with Crippen LogP contribution in [0.5, 0.6) is 0 Å². The highest BCUT2D eigenvalue weighted by Crippen LogP contribution is 2.31. The van der Waals surface area contributed by atoms with E-state index >= 15 is 0 Å². The van der Waals surface area contributed by atoms with E-state index in [4.69, 9.17) is 0 Å². The van der Waals surface area contributed by atoms with Gasteiger partial charge in [0.1, 0.15) is 0 Å². The number of carbonyl (C=O) groups excluding carboxylic acids is 2. The Morgan fingerprint density at radius 1 is 1.22 bits per heavy atom. The molecule has 7 nitrogen and oxygen atoms in total. The molecule has 0 unspecified atom stereocenters. The van der Waals surface area contributed by atoms with Gasteiger partial charge in [0.2, 0.25) is 5.91 Å². The van der Waals surface area contributed by atoms with E-state index in [1.165, 1.54) is 24.3 Å². The van der Waals surface area contributed by atoms with E-state index in [0.29, 0.717) is 31.0 Å². The Morgan fingerprint density at radius 2 is 2.00 bits per heavy atom. The Hall–Kier alpha value is -3.22. The normalized spacial score (nSPS) is 13.4. The van der Waals surface area contributed by atoms with Gasteiger partial charge in [-0.25, -0.2) is 0 Å². The summed E-state index contributed by atoms with van der Waals surface area (Å²) in [6.45, 7) is 4.79. The third-order valence-electron chi connectivity index (χ3n) is 4.40. The first-order chi connectivity index (χ1) is 12.8. The van der Waals surface area contributed by atoms with Crippen molar-refractivity contribution >= 4 is 28.9 Å². The highest BCUT2D eigenvalue weighted by Gasteiger charge is 2.25. The van der Waals surface area contributed by atoms with Gasteiger partial charge in [-0.2, -0.15) is 0 Å². The Kier molecular flexibility index (Phi) is 5.21. The Morgan fingerprint density at radius 3 is 2.70 bits per heavy atom. The maximum atomic E-state index is 12.4.